The van der Waals surface area contributed by atoms with Gasteiger partial charge in [-0.1, -0.05) is 11.6 Å². The fourth-order valence-corrected chi connectivity index (χ4v) is 1.97. The van der Waals surface area contributed by atoms with Crippen molar-refractivity contribution in [2.75, 3.05) is 0 Å². The second-order valence-electron chi connectivity index (χ2n) is 4.41. The zero-order chi connectivity index (χ0) is 14.9. The van der Waals surface area contributed by atoms with Crippen LogP contribution in [0.5, 0.6) is 11.6 Å². The molecule has 1 heterocycles. The molecule has 0 bridgehead atoms. The summed E-state index contributed by atoms with van der Waals surface area (Å²) < 4.78 is 5.58. The molecule has 104 valence electrons. The first-order valence-corrected chi connectivity index (χ1v) is 6.29. The van der Waals surface area contributed by atoms with E-state index < -0.39 is 5.97 Å². The third-order valence-corrected chi connectivity index (χ3v) is 3.21. The molecule has 6 heteroatoms. The molecule has 1 N–H and O–H groups in total. The normalized spacial score (nSPS) is 10.4. The molecule has 0 amide bonds. The summed E-state index contributed by atoms with van der Waals surface area (Å²) in [5.74, 6) is -0.623. The van der Waals surface area contributed by atoms with Crippen molar-refractivity contribution in [3.8, 4) is 11.6 Å². The van der Waals surface area contributed by atoms with E-state index in [2.05, 4.69) is 10.2 Å². The van der Waals surface area contributed by atoms with Gasteiger partial charge in [0.2, 0.25) is 0 Å². The molecule has 0 atom stereocenters. The van der Waals surface area contributed by atoms with Gasteiger partial charge >= 0.3 is 5.97 Å². The molecule has 5 nitrogen and oxygen atoms in total. The average Bonchev–Trinajstić information content (AvgIpc) is 2.36. The minimum atomic E-state index is -1.10. The zero-order valence-corrected chi connectivity index (χ0v) is 12.0. The molecule has 0 saturated carbocycles. The number of aromatic carboxylic acids is 1. The first kappa shape index (κ1) is 14.3. The fraction of sp³-hybridized carbons (Fsp3) is 0.214. The first-order valence-electron chi connectivity index (χ1n) is 5.91. The van der Waals surface area contributed by atoms with Gasteiger partial charge in [-0.3, -0.25) is 0 Å². The highest BCUT2D eigenvalue weighted by molar-refractivity contribution is 6.30. The van der Waals surface area contributed by atoms with Crippen molar-refractivity contribution in [3.05, 3.63) is 45.6 Å². The number of carbonyl (C=O) groups is 1. The zero-order valence-electron chi connectivity index (χ0n) is 11.3. The molecule has 0 unspecified atom stereocenters. The Morgan fingerprint density at radius 2 is 1.95 bits per heavy atom. The van der Waals surface area contributed by atoms with Crippen molar-refractivity contribution < 1.29 is 14.6 Å². The summed E-state index contributed by atoms with van der Waals surface area (Å²) in [5.41, 5.74) is 1.90. The summed E-state index contributed by atoms with van der Waals surface area (Å²) in [4.78, 5) is 11.4. The van der Waals surface area contributed by atoms with Gasteiger partial charge in [0.15, 0.2) is 0 Å². The lowest BCUT2D eigenvalue weighted by molar-refractivity contribution is 0.0692. The predicted molar refractivity (Wildman–Crippen MR) is 74.7 cm³/mol. The number of hydrogen-bond acceptors (Lipinski definition) is 4. The maximum Gasteiger partial charge on any atom is 0.341 e. The Kier molecular flexibility index (Phi) is 3.90. The molecule has 1 aromatic heterocycles. The topological polar surface area (TPSA) is 72.3 Å². The monoisotopic (exact) mass is 292 g/mol. The molecule has 0 spiro atoms. The maximum atomic E-state index is 11.4. The van der Waals surface area contributed by atoms with Gasteiger partial charge in [0.05, 0.1) is 5.69 Å². The number of carboxylic acids is 1. The van der Waals surface area contributed by atoms with Crippen LogP contribution in [0.15, 0.2) is 18.2 Å². The van der Waals surface area contributed by atoms with Crippen LogP contribution in [0.25, 0.3) is 0 Å². The fourth-order valence-electron chi connectivity index (χ4n) is 1.74. The Morgan fingerprint density at radius 3 is 2.55 bits per heavy atom. The van der Waals surface area contributed by atoms with Crippen LogP contribution in [0.1, 0.15) is 27.2 Å². The van der Waals surface area contributed by atoms with Gasteiger partial charge in [-0.05, 0) is 50.1 Å². The quantitative estimate of drug-likeness (QED) is 0.936. The highest BCUT2D eigenvalue weighted by atomic mass is 35.5. The van der Waals surface area contributed by atoms with E-state index in [1.807, 2.05) is 6.92 Å². The van der Waals surface area contributed by atoms with Crippen LogP contribution in [0.4, 0.5) is 0 Å². The van der Waals surface area contributed by atoms with Gasteiger partial charge in [0, 0.05) is 5.02 Å². The Labute approximate surface area is 121 Å². The molecule has 0 fully saturated rings. The SMILES string of the molecule is Cc1cc(Cl)ccc1Oc1nnc(C)c(C)c1C(=O)O. The standard InChI is InChI=1S/C14H13ClN2O3/c1-7-6-10(15)4-5-11(7)20-13-12(14(18)19)8(2)9(3)16-17-13/h4-6H,1-3H3,(H,18,19). The Hall–Kier alpha value is -2.14. The van der Waals surface area contributed by atoms with Crippen LogP contribution in [0, 0.1) is 20.8 Å². The second-order valence-corrected chi connectivity index (χ2v) is 4.84. The lowest BCUT2D eigenvalue weighted by Gasteiger charge is -2.12. The van der Waals surface area contributed by atoms with Crippen LogP contribution < -0.4 is 4.74 Å². The van der Waals surface area contributed by atoms with Crippen molar-refractivity contribution in [2.45, 2.75) is 20.8 Å². The number of hydrogen-bond donors (Lipinski definition) is 1. The number of rotatable bonds is 3. The lowest BCUT2D eigenvalue weighted by atomic mass is 10.1. The van der Waals surface area contributed by atoms with E-state index in [0.717, 1.165) is 5.56 Å². The number of carboxylic acid groups (broad SMARTS) is 1. The van der Waals surface area contributed by atoms with Crippen molar-refractivity contribution in [3.63, 3.8) is 0 Å². The summed E-state index contributed by atoms with van der Waals surface area (Å²) in [7, 11) is 0. The van der Waals surface area contributed by atoms with Gasteiger partial charge in [-0.25, -0.2) is 4.79 Å². The van der Waals surface area contributed by atoms with Gasteiger partial charge in [0.25, 0.3) is 5.88 Å². The molecule has 0 aliphatic carbocycles. The molecule has 0 aliphatic rings. The van der Waals surface area contributed by atoms with Gasteiger partial charge in [-0.15, -0.1) is 5.10 Å². The Bertz CT molecular complexity index is 686. The van der Waals surface area contributed by atoms with Gasteiger partial charge in [-0.2, -0.15) is 5.10 Å². The molecule has 0 aliphatic heterocycles. The minimum Gasteiger partial charge on any atom is -0.477 e. The molecule has 2 aromatic rings. The summed E-state index contributed by atoms with van der Waals surface area (Å²) >= 11 is 5.87. The third-order valence-electron chi connectivity index (χ3n) is 2.98. The number of aryl methyl sites for hydroxylation is 2. The molecular weight excluding hydrogens is 280 g/mol. The van der Waals surface area contributed by atoms with Crippen molar-refractivity contribution in [1.29, 1.82) is 0 Å². The highest BCUT2D eigenvalue weighted by Crippen LogP contribution is 2.29. The van der Waals surface area contributed by atoms with Crippen LogP contribution in [-0.2, 0) is 0 Å². The number of aromatic nitrogens is 2. The predicted octanol–water partition coefficient (Wildman–Crippen LogP) is 3.55. The summed E-state index contributed by atoms with van der Waals surface area (Å²) in [6.45, 7) is 5.19. The van der Waals surface area contributed by atoms with Crippen LogP contribution in [-0.4, -0.2) is 21.3 Å². The highest BCUT2D eigenvalue weighted by Gasteiger charge is 2.20. The summed E-state index contributed by atoms with van der Waals surface area (Å²) in [6, 6.07) is 5.06. The number of benzene rings is 1. The molecule has 0 radical (unpaired) electrons. The van der Waals surface area contributed by atoms with Crippen LogP contribution >= 0.6 is 11.6 Å². The smallest absolute Gasteiger partial charge is 0.341 e. The third kappa shape index (κ3) is 2.72. The van der Waals surface area contributed by atoms with Crippen molar-refractivity contribution in [1.82, 2.24) is 10.2 Å². The lowest BCUT2D eigenvalue weighted by Crippen LogP contribution is -2.08. The number of nitrogens with zero attached hydrogens (tertiary/aromatic N) is 2. The summed E-state index contributed by atoms with van der Waals surface area (Å²) in [6.07, 6.45) is 0. The van der Waals surface area contributed by atoms with E-state index >= 15 is 0 Å². The number of ether oxygens (including phenoxy) is 1. The van der Waals surface area contributed by atoms with Gasteiger partial charge < -0.3 is 9.84 Å². The van der Waals surface area contributed by atoms with Crippen molar-refractivity contribution >= 4 is 17.6 Å². The second kappa shape index (κ2) is 5.46. The average molecular weight is 293 g/mol. The van der Waals surface area contributed by atoms with E-state index in [4.69, 9.17) is 16.3 Å². The van der Waals surface area contributed by atoms with E-state index in [1.165, 1.54) is 0 Å². The largest absolute Gasteiger partial charge is 0.477 e. The molecular formula is C14H13ClN2O3. The van der Waals surface area contributed by atoms with Crippen LogP contribution in [0.3, 0.4) is 0 Å². The minimum absolute atomic E-state index is 0.0202. The Balaban J connectivity index is 2.48. The molecule has 1 aromatic carbocycles. The van der Waals surface area contributed by atoms with Gasteiger partial charge in [0.1, 0.15) is 11.3 Å². The van der Waals surface area contributed by atoms with Crippen molar-refractivity contribution in [2.24, 2.45) is 0 Å². The maximum absolute atomic E-state index is 11.4. The van der Waals surface area contributed by atoms with E-state index in [0.29, 0.717) is 22.0 Å². The summed E-state index contributed by atoms with van der Waals surface area (Å²) in [5, 5.41) is 17.6. The molecule has 2 rings (SSSR count). The first-order chi connectivity index (χ1) is 9.40. The molecule has 20 heavy (non-hydrogen) atoms. The number of halogens is 1. The Morgan fingerprint density at radius 1 is 1.25 bits per heavy atom. The van der Waals surface area contributed by atoms with E-state index in [-0.39, 0.29) is 11.4 Å². The molecule has 0 saturated heterocycles. The van der Waals surface area contributed by atoms with Crippen LogP contribution in [0.2, 0.25) is 5.02 Å². The van der Waals surface area contributed by atoms with E-state index in [1.54, 1.807) is 32.0 Å². The van der Waals surface area contributed by atoms with E-state index in [9.17, 15) is 9.90 Å².